The van der Waals surface area contributed by atoms with Crippen LogP contribution in [0.5, 0.6) is 0 Å². The summed E-state index contributed by atoms with van der Waals surface area (Å²) >= 11 is 0. The molecule has 1 heteroatoms. The molecule has 9 heavy (non-hydrogen) atoms. The Bertz CT molecular complexity index is 117. The second kappa shape index (κ2) is 1.51. The molecule has 1 atom stereocenters. The fourth-order valence-corrected chi connectivity index (χ4v) is 2.01. The van der Waals surface area contributed by atoms with E-state index in [1.54, 1.807) is 0 Å². The van der Waals surface area contributed by atoms with Crippen LogP contribution in [0, 0.1) is 11.3 Å². The molecule has 2 fully saturated rings. The van der Waals surface area contributed by atoms with E-state index in [-0.39, 0.29) is 0 Å². The van der Waals surface area contributed by atoms with Crippen molar-refractivity contribution in [3.63, 3.8) is 0 Å². The predicted octanol–water partition coefficient (Wildman–Crippen LogP) is 1.52. The maximum Gasteiger partial charge on any atom is 0.00391 e. The summed E-state index contributed by atoms with van der Waals surface area (Å²) in [5.41, 5.74) is 6.59. The van der Waals surface area contributed by atoms with Gasteiger partial charge >= 0.3 is 0 Å². The van der Waals surface area contributed by atoms with Crippen LogP contribution in [-0.4, -0.2) is 6.04 Å². The summed E-state index contributed by atoms with van der Waals surface area (Å²) in [7, 11) is 0. The van der Waals surface area contributed by atoms with Gasteiger partial charge in [-0.15, -0.1) is 0 Å². The van der Waals surface area contributed by atoms with Crippen molar-refractivity contribution in [1.29, 1.82) is 0 Å². The molecule has 0 aliphatic heterocycles. The van der Waals surface area contributed by atoms with Gasteiger partial charge in [0.15, 0.2) is 0 Å². The Morgan fingerprint density at radius 1 is 1.44 bits per heavy atom. The normalized spacial score (nSPS) is 34.0. The average molecular weight is 125 g/mol. The topological polar surface area (TPSA) is 26.0 Å². The van der Waals surface area contributed by atoms with Crippen molar-refractivity contribution in [2.75, 3.05) is 0 Å². The maximum atomic E-state index is 5.75. The van der Waals surface area contributed by atoms with Crippen molar-refractivity contribution in [3.05, 3.63) is 0 Å². The van der Waals surface area contributed by atoms with E-state index in [9.17, 15) is 0 Å². The van der Waals surface area contributed by atoms with Crippen LogP contribution in [0.25, 0.3) is 0 Å². The molecule has 2 N–H and O–H groups in total. The van der Waals surface area contributed by atoms with Crippen molar-refractivity contribution >= 4 is 0 Å². The second-order valence-electron chi connectivity index (χ2n) is 4.03. The molecule has 2 rings (SSSR count). The molecule has 1 nitrogen and oxygen atoms in total. The highest BCUT2D eigenvalue weighted by molar-refractivity contribution is 5.05. The molecular formula is C8H15N. The zero-order chi connectivity index (χ0) is 6.48. The van der Waals surface area contributed by atoms with Gasteiger partial charge in [-0.3, -0.25) is 0 Å². The molecule has 0 amide bonds. The molecule has 0 radical (unpaired) electrons. The van der Waals surface area contributed by atoms with Crippen molar-refractivity contribution < 1.29 is 0 Å². The van der Waals surface area contributed by atoms with Crippen LogP contribution < -0.4 is 5.73 Å². The number of nitrogens with two attached hydrogens (primary N) is 1. The molecule has 0 aromatic carbocycles. The zero-order valence-corrected chi connectivity index (χ0v) is 6.06. The van der Waals surface area contributed by atoms with E-state index in [4.69, 9.17) is 5.73 Å². The minimum atomic E-state index is 0.455. The molecule has 0 unspecified atom stereocenters. The second-order valence-corrected chi connectivity index (χ2v) is 4.03. The lowest BCUT2D eigenvalue weighted by Crippen LogP contribution is -2.38. The van der Waals surface area contributed by atoms with Crippen LogP contribution in [-0.2, 0) is 0 Å². The molecule has 0 saturated heterocycles. The first-order chi connectivity index (χ1) is 4.22. The summed E-state index contributed by atoms with van der Waals surface area (Å²) in [6.07, 6.45) is 5.86. The number of hydrogen-bond acceptors (Lipinski definition) is 1. The monoisotopic (exact) mass is 125 g/mol. The standard InChI is InChI=1S/C8H15N/c1-6(9)7-4-8(5-7)2-3-8/h6-7H,2-5,9H2,1H3/t6-/m1/s1. The van der Waals surface area contributed by atoms with E-state index < -0.39 is 0 Å². The quantitative estimate of drug-likeness (QED) is 0.565. The highest BCUT2D eigenvalue weighted by atomic mass is 14.7. The van der Waals surface area contributed by atoms with Gasteiger partial charge in [0.25, 0.3) is 0 Å². The fourth-order valence-electron chi connectivity index (χ4n) is 2.01. The van der Waals surface area contributed by atoms with Gasteiger partial charge in [0.05, 0.1) is 0 Å². The summed E-state index contributed by atoms with van der Waals surface area (Å²) in [5, 5.41) is 0. The third-order valence-electron chi connectivity index (χ3n) is 3.09. The Morgan fingerprint density at radius 2 is 2.00 bits per heavy atom. The van der Waals surface area contributed by atoms with Gasteiger partial charge in [-0.2, -0.15) is 0 Å². The Hall–Kier alpha value is -0.0400. The number of hydrogen-bond donors (Lipinski definition) is 1. The van der Waals surface area contributed by atoms with Gasteiger partial charge in [-0.25, -0.2) is 0 Å². The fraction of sp³-hybridized carbons (Fsp3) is 1.00. The Labute approximate surface area is 56.6 Å². The van der Waals surface area contributed by atoms with Crippen molar-refractivity contribution in [1.82, 2.24) is 0 Å². The van der Waals surface area contributed by atoms with Crippen molar-refractivity contribution in [3.8, 4) is 0 Å². The Balaban J connectivity index is 1.83. The van der Waals surface area contributed by atoms with E-state index in [2.05, 4.69) is 6.92 Å². The van der Waals surface area contributed by atoms with Gasteiger partial charge < -0.3 is 5.73 Å². The summed E-state index contributed by atoms with van der Waals surface area (Å²) in [4.78, 5) is 0. The molecule has 52 valence electrons. The SMILES string of the molecule is C[C@@H](N)C1CC2(CC2)C1. The highest BCUT2D eigenvalue weighted by Gasteiger charge is 2.53. The van der Waals surface area contributed by atoms with Gasteiger partial charge in [-0.05, 0) is 43.9 Å². The lowest BCUT2D eigenvalue weighted by Gasteiger charge is -2.38. The third kappa shape index (κ3) is 0.787. The molecule has 2 aliphatic carbocycles. The van der Waals surface area contributed by atoms with Crippen LogP contribution >= 0.6 is 0 Å². The first-order valence-corrected chi connectivity index (χ1v) is 3.97. The predicted molar refractivity (Wildman–Crippen MR) is 38.0 cm³/mol. The van der Waals surface area contributed by atoms with Crippen LogP contribution in [0.1, 0.15) is 32.6 Å². The first-order valence-electron chi connectivity index (χ1n) is 3.97. The minimum Gasteiger partial charge on any atom is -0.328 e. The number of rotatable bonds is 1. The van der Waals surface area contributed by atoms with E-state index in [0.29, 0.717) is 6.04 Å². The summed E-state index contributed by atoms with van der Waals surface area (Å²) < 4.78 is 0. The van der Waals surface area contributed by atoms with Crippen molar-refractivity contribution in [2.45, 2.75) is 38.6 Å². The molecular weight excluding hydrogens is 110 g/mol. The van der Waals surface area contributed by atoms with Crippen LogP contribution in [0.15, 0.2) is 0 Å². The zero-order valence-electron chi connectivity index (χ0n) is 6.06. The Kier molecular flexibility index (Phi) is 0.963. The lowest BCUT2D eigenvalue weighted by molar-refractivity contribution is 0.145. The van der Waals surface area contributed by atoms with Gasteiger partial charge in [0, 0.05) is 6.04 Å². The molecule has 0 bridgehead atoms. The van der Waals surface area contributed by atoms with E-state index in [0.717, 1.165) is 11.3 Å². The van der Waals surface area contributed by atoms with Crippen molar-refractivity contribution in [2.24, 2.45) is 17.1 Å². The third-order valence-corrected chi connectivity index (χ3v) is 3.09. The van der Waals surface area contributed by atoms with E-state index >= 15 is 0 Å². The summed E-state index contributed by atoms with van der Waals surface area (Å²) in [5.74, 6) is 0.868. The van der Waals surface area contributed by atoms with Gasteiger partial charge in [0.1, 0.15) is 0 Å². The Morgan fingerprint density at radius 3 is 2.33 bits per heavy atom. The van der Waals surface area contributed by atoms with Gasteiger partial charge in [0.2, 0.25) is 0 Å². The molecule has 1 spiro atoms. The average Bonchev–Trinajstić information content (AvgIpc) is 2.35. The van der Waals surface area contributed by atoms with E-state index in [1.807, 2.05) is 0 Å². The highest BCUT2D eigenvalue weighted by Crippen LogP contribution is 2.63. The van der Waals surface area contributed by atoms with E-state index in [1.165, 1.54) is 25.7 Å². The smallest absolute Gasteiger partial charge is 0.00391 e. The molecule has 2 saturated carbocycles. The largest absolute Gasteiger partial charge is 0.328 e. The molecule has 2 aliphatic rings. The lowest BCUT2D eigenvalue weighted by atomic mass is 9.69. The maximum absolute atomic E-state index is 5.75. The summed E-state index contributed by atoms with van der Waals surface area (Å²) in [6, 6.07) is 0.455. The van der Waals surface area contributed by atoms with Crippen LogP contribution in [0.2, 0.25) is 0 Å². The minimum absolute atomic E-state index is 0.455. The molecule has 0 heterocycles. The summed E-state index contributed by atoms with van der Waals surface area (Å²) in [6.45, 7) is 2.14. The first kappa shape index (κ1) is 5.72. The van der Waals surface area contributed by atoms with Gasteiger partial charge in [-0.1, -0.05) is 0 Å². The van der Waals surface area contributed by atoms with Crippen LogP contribution in [0.4, 0.5) is 0 Å². The van der Waals surface area contributed by atoms with Crippen LogP contribution in [0.3, 0.4) is 0 Å². The molecule has 0 aromatic rings. The molecule has 0 aromatic heterocycles.